The minimum Gasteiger partial charge on any atom is -0.355 e. The van der Waals surface area contributed by atoms with Gasteiger partial charge in [0.2, 0.25) is 11.8 Å². The predicted molar refractivity (Wildman–Crippen MR) is 153 cm³/mol. The predicted octanol–water partition coefficient (Wildman–Crippen LogP) is 6.05. The van der Waals surface area contributed by atoms with E-state index in [0.717, 1.165) is 4.31 Å². The summed E-state index contributed by atoms with van der Waals surface area (Å²) in [6.45, 7) is 2.84. The molecule has 3 aromatic rings. The van der Waals surface area contributed by atoms with E-state index in [-0.39, 0.29) is 27.2 Å². The molecule has 0 fully saturated rings. The quantitative estimate of drug-likeness (QED) is 0.300. The van der Waals surface area contributed by atoms with Gasteiger partial charge in [-0.05, 0) is 56.3 Å². The summed E-state index contributed by atoms with van der Waals surface area (Å²) >= 11 is 25.1. The number of benzene rings is 3. The van der Waals surface area contributed by atoms with E-state index in [1.807, 2.05) is 0 Å². The summed E-state index contributed by atoms with van der Waals surface area (Å²) < 4.78 is 28.4. The topological polar surface area (TPSA) is 86.8 Å². The summed E-state index contributed by atoms with van der Waals surface area (Å²) in [7, 11) is -4.25. The van der Waals surface area contributed by atoms with Gasteiger partial charge in [0.1, 0.15) is 12.6 Å². The molecular weight excluding hydrogens is 592 g/mol. The largest absolute Gasteiger partial charge is 0.355 e. The fraction of sp³-hybridized carbons (Fsp3) is 0.231. The Kier molecular flexibility index (Phi) is 10.3. The van der Waals surface area contributed by atoms with Crippen molar-refractivity contribution in [1.82, 2.24) is 10.2 Å². The summed E-state index contributed by atoms with van der Waals surface area (Å²) in [5, 5.41) is 3.65. The summed E-state index contributed by atoms with van der Waals surface area (Å²) in [4.78, 5) is 27.8. The Bertz CT molecular complexity index is 1380. The molecule has 0 bridgehead atoms. The van der Waals surface area contributed by atoms with Crippen LogP contribution in [-0.4, -0.2) is 44.3 Å². The smallest absolute Gasteiger partial charge is 0.264 e. The number of sulfonamides is 1. The highest BCUT2D eigenvalue weighted by Gasteiger charge is 2.33. The van der Waals surface area contributed by atoms with E-state index in [2.05, 4.69) is 5.32 Å². The minimum absolute atomic E-state index is 0.0404. The fourth-order valence-corrected chi connectivity index (χ4v) is 6.14. The van der Waals surface area contributed by atoms with Crippen molar-refractivity contribution >= 4 is 73.9 Å². The number of rotatable bonds is 10. The molecule has 1 atom stereocenters. The molecule has 0 aliphatic rings. The number of anilines is 1. The highest BCUT2D eigenvalue weighted by molar-refractivity contribution is 7.92. The van der Waals surface area contributed by atoms with Crippen LogP contribution >= 0.6 is 46.4 Å². The molecule has 0 aliphatic heterocycles. The van der Waals surface area contributed by atoms with Crippen molar-refractivity contribution in [2.24, 2.45) is 0 Å². The first-order chi connectivity index (χ1) is 17.9. The van der Waals surface area contributed by atoms with Crippen molar-refractivity contribution in [3.05, 3.63) is 92.4 Å². The summed E-state index contributed by atoms with van der Waals surface area (Å²) in [6, 6.07) is 15.8. The first-order valence-corrected chi connectivity index (χ1v) is 14.4. The molecule has 0 saturated carbocycles. The maximum absolute atomic E-state index is 13.8. The molecule has 12 heteroatoms. The molecule has 38 heavy (non-hydrogen) atoms. The number of nitrogens with one attached hydrogen (secondary N) is 1. The number of hydrogen-bond acceptors (Lipinski definition) is 4. The van der Waals surface area contributed by atoms with E-state index < -0.39 is 34.4 Å². The van der Waals surface area contributed by atoms with Gasteiger partial charge in [-0.25, -0.2) is 8.42 Å². The molecule has 3 aromatic carbocycles. The zero-order valence-electron chi connectivity index (χ0n) is 20.5. The first-order valence-electron chi connectivity index (χ1n) is 11.5. The molecule has 0 spiro atoms. The average Bonchev–Trinajstić information content (AvgIpc) is 2.86. The van der Waals surface area contributed by atoms with Crippen molar-refractivity contribution in [2.45, 2.75) is 31.3 Å². The molecule has 0 aliphatic carbocycles. The monoisotopic (exact) mass is 615 g/mol. The number of hydrogen-bond donors (Lipinski definition) is 1. The second-order valence-electron chi connectivity index (χ2n) is 8.24. The lowest BCUT2D eigenvalue weighted by Gasteiger charge is -2.32. The van der Waals surface area contributed by atoms with E-state index in [4.69, 9.17) is 46.4 Å². The second-order valence-corrected chi connectivity index (χ2v) is 11.8. The number of carbonyl (C=O) groups is 2. The zero-order valence-corrected chi connectivity index (χ0v) is 24.3. The molecule has 1 N–H and O–H groups in total. The van der Waals surface area contributed by atoms with Gasteiger partial charge in [0.15, 0.2) is 0 Å². The number of halogens is 4. The number of carbonyl (C=O) groups excluding carboxylic acids is 2. The standard InChI is InChI=1S/C26H25Cl4N3O4S/c1-3-31-26(35)17(2)32(15-22-23(29)10-7-11-24(22)30)25(34)16-33(20-13-18(27)12-19(28)14-20)38(36,37)21-8-5-4-6-9-21/h4-14,17H,3,15-16H2,1-2H3,(H,31,35). The molecule has 7 nitrogen and oxygen atoms in total. The molecule has 0 heterocycles. The Morgan fingerprint density at radius 2 is 1.47 bits per heavy atom. The van der Waals surface area contributed by atoms with E-state index in [9.17, 15) is 18.0 Å². The van der Waals surface area contributed by atoms with Crippen molar-refractivity contribution in [2.75, 3.05) is 17.4 Å². The van der Waals surface area contributed by atoms with Crippen LogP contribution in [0.1, 0.15) is 19.4 Å². The van der Waals surface area contributed by atoms with Gasteiger partial charge in [-0.3, -0.25) is 13.9 Å². The highest BCUT2D eigenvalue weighted by Crippen LogP contribution is 2.31. The number of amides is 2. The van der Waals surface area contributed by atoms with Crippen molar-refractivity contribution < 1.29 is 18.0 Å². The van der Waals surface area contributed by atoms with E-state index >= 15 is 0 Å². The van der Waals surface area contributed by atoms with Gasteiger partial charge in [0.25, 0.3) is 10.0 Å². The Hall–Kier alpha value is -2.49. The van der Waals surface area contributed by atoms with Crippen LogP contribution in [-0.2, 0) is 26.2 Å². The van der Waals surface area contributed by atoms with Crippen LogP contribution in [0.15, 0.2) is 71.6 Å². The highest BCUT2D eigenvalue weighted by atomic mass is 35.5. The molecule has 1 unspecified atom stereocenters. The van der Waals surface area contributed by atoms with Gasteiger partial charge in [-0.2, -0.15) is 0 Å². The van der Waals surface area contributed by atoms with E-state index in [1.54, 1.807) is 50.2 Å². The Morgan fingerprint density at radius 1 is 0.895 bits per heavy atom. The minimum atomic E-state index is -4.25. The van der Waals surface area contributed by atoms with Crippen molar-refractivity contribution in [1.29, 1.82) is 0 Å². The lowest BCUT2D eigenvalue weighted by molar-refractivity contribution is -0.139. The average molecular weight is 617 g/mol. The number of likely N-dealkylation sites (N-methyl/N-ethyl adjacent to an activating group) is 1. The summed E-state index contributed by atoms with van der Waals surface area (Å²) in [6.07, 6.45) is 0. The lowest BCUT2D eigenvalue weighted by Crippen LogP contribution is -2.51. The number of nitrogens with zero attached hydrogens (tertiary/aromatic N) is 2. The van der Waals surface area contributed by atoms with Crippen LogP contribution in [0.25, 0.3) is 0 Å². The normalized spacial score (nSPS) is 12.1. The molecular formula is C26H25Cl4N3O4S. The van der Waals surface area contributed by atoms with Crippen LogP contribution in [0.5, 0.6) is 0 Å². The SMILES string of the molecule is CCNC(=O)C(C)N(Cc1c(Cl)cccc1Cl)C(=O)CN(c1cc(Cl)cc(Cl)c1)S(=O)(=O)c1ccccc1. The molecule has 0 aromatic heterocycles. The molecule has 202 valence electrons. The maximum Gasteiger partial charge on any atom is 0.264 e. The van der Waals surface area contributed by atoms with Gasteiger partial charge in [-0.15, -0.1) is 0 Å². The fourth-order valence-electron chi connectivity index (χ4n) is 3.69. The van der Waals surface area contributed by atoms with Crippen LogP contribution in [0, 0.1) is 0 Å². The van der Waals surface area contributed by atoms with E-state index in [1.165, 1.54) is 35.2 Å². The summed E-state index contributed by atoms with van der Waals surface area (Å²) in [5.74, 6) is -1.09. The van der Waals surface area contributed by atoms with Crippen LogP contribution < -0.4 is 9.62 Å². The van der Waals surface area contributed by atoms with Crippen molar-refractivity contribution in [3.8, 4) is 0 Å². The van der Waals surface area contributed by atoms with Crippen LogP contribution in [0.3, 0.4) is 0 Å². The Balaban J connectivity index is 2.09. The van der Waals surface area contributed by atoms with Gasteiger partial charge < -0.3 is 10.2 Å². The third kappa shape index (κ3) is 7.12. The second kappa shape index (κ2) is 13.0. The van der Waals surface area contributed by atoms with Crippen LogP contribution in [0.4, 0.5) is 5.69 Å². The zero-order chi connectivity index (χ0) is 28.0. The Morgan fingerprint density at radius 3 is 2.03 bits per heavy atom. The molecule has 0 saturated heterocycles. The molecule has 2 amide bonds. The lowest BCUT2D eigenvalue weighted by atomic mass is 10.1. The third-order valence-corrected chi connectivity index (χ3v) is 8.59. The molecule has 3 rings (SSSR count). The van der Waals surface area contributed by atoms with Gasteiger partial charge in [0.05, 0.1) is 10.6 Å². The van der Waals surface area contributed by atoms with Crippen LogP contribution in [0.2, 0.25) is 20.1 Å². The van der Waals surface area contributed by atoms with E-state index in [0.29, 0.717) is 22.2 Å². The molecule has 0 radical (unpaired) electrons. The first kappa shape index (κ1) is 30.1. The third-order valence-electron chi connectivity index (χ3n) is 5.65. The summed E-state index contributed by atoms with van der Waals surface area (Å²) in [5.41, 5.74) is 0.504. The van der Waals surface area contributed by atoms with Gasteiger partial charge in [-0.1, -0.05) is 70.7 Å². The van der Waals surface area contributed by atoms with Crippen molar-refractivity contribution in [3.63, 3.8) is 0 Å². The van der Waals surface area contributed by atoms with Gasteiger partial charge in [0, 0.05) is 38.7 Å². The Labute approximate surface area is 242 Å². The maximum atomic E-state index is 13.8. The van der Waals surface area contributed by atoms with Gasteiger partial charge >= 0.3 is 0 Å².